The summed E-state index contributed by atoms with van der Waals surface area (Å²) in [6.45, 7) is 2.03. The number of nitrogens with one attached hydrogen (secondary N) is 1. The quantitative estimate of drug-likeness (QED) is 0.672. The van der Waals surface area contributed by atoms with Gasteiger partial charge in [0, 0.05) is 6.61 Å². The smallest absolute Gasteiger partial charge is 0.323 e. The van der Waals surface area contributed by atoms with Crippen molar-refractivity contribution in [1.82, 2.24) is 10.2 Å². The fourth-order valence-electron chi connectivity index (χ4n) is 1.64. The highest BCUT2D eigenvalue weighted by Gasteiger charge is 2.27. The largest absolute Gasteiger partial charge is 0.480 e. The molecule has 0 radical (unpaired) electrons. The van der Waals surface area contributed by atoms with Crippen LogP contribution < -0.4 is 5.32 Å². The van der Waals surface area contributed by atoms with E-state index in [9.17, 15) is 9.59 Å². The molecule has 0 saturated carbocycles. The van der Waals surface area contributed by atoms with Crippen LogP contribution in [0.3, 0.4) is 0 Å². The van der Waals surface area contributed by atoms with Crippen LogP contribution in [0.15, 0.2) is 0 Å². The van der Waals surface area contributed by atoms with Gasteiger partial charge in [-0.15, -0.1) is 6.42 Å². The van der Waals surface area contributed by atoms with E-state index in [1.807, 2.05) is 6.92 Å². The van der Waals surface area contributed by atoms with E-state index in [4.69, 9.17) is 16.3 Å². The highest BCUT2D eigenvalue weighted by atomic mass is 16.5. The Hall–Kier alpha value is -1.74. The lowest BCUT2D eigenvalue weighted by Gasteiger charge is -2.22. The van der Waals surface area contributed by atoms with Crippen LogP contribution >= 0.6 is 0 Å². The fourth-order valence-corrected chi connectivity index (χ4v) is 1.64. The van der Waals surface area contributed by atoms with Crippen molar-refractivity contribution in [3.05, 3.63) is 0 Å². The van der Waals surface area contributed by atoms with E-state index in [0.717, 1.165) is 11.3 Å². The van der Waals surface area contributed by atoms with Crippen molar-refractivity contribution in [1.29, 1.82) is 0 Å². The Morgan fingerprint density at radius 1 is 1.65 bits per heavy atom. The van der Waals surface area contributed by atoms with Crippen molar-refractivity contribution in [3.63, 3.8) is 0 Å². The predicted octanol–water partition coefficient (Wildman–Crippen LogP) is -0.107. The van der Waals surface area contributed by atoms with Crippen LogP contribution in [0.25, 0.3) is 0 Å². The Labute approximate surface area is 99.9 Å². The first-order valence-electron chi connectivity index (χ1n) is 5.37. The average Bonchev–Trinajstić information content (AvgIpc) is 2.63. The molecule has 1 fully saturated rings. The molecule has 2 unspecified atom stereocenters. The van der Waals surface area contributed by atoms with E-state index in [-0.39, 0.29) is 18.7 Å². The second-order valence-electron chi connectivity index (χ2n) is 3.87. The molecule has 0 bridgehead atoms. The third-order valence-corrected chi connectivity index (χ3v) is 2.58. The number of hydrogen-bond donors (Lipinski definition) is 2. The lowest BCUT2D eigenvalue weighted by atomic mass is 10.2. The SMILES string of the molecule is C#CCN(CC(=O)O)C(=O)NC1CCOC1C. The number of carbonyl (C=O) groups excluding carboxylic acids is 1. The third kappa shape index (κ3) is 3.96. The summed E-state index contributed by atoms with van der Waals surface area (Å²) in [5.41, 5.74) is 0. The molecule has 2 N–H and O–H groups in total. The zero-order valence-corrected chi connectivity index (χ0v) is 9.68. The van der Waals surface area contributed by atoms with Gasteiger partial charge in [-0.3, -0.25) is 4.79 Å². The number of urea groups is 1. The second-order valence-corrected chi connectivity index (χ2v) is 3.87. The zero-order valence-electron chi connectivity index (χ0n) is 9.68. The minimum atomic E-state index is -1.09. The van der Waals surface area contributed by atoms with Crippen molar-refractivity contribution in [2.45, 2.75) is 25.5 Å². The maximum Gasteiger partial charge on any atom is 0.323 e. The molecular weight excluding hydrogens is 224 g/mol. The normalized spacial score (nSPS) is 22.8. The monoisotopic (exact) mass is 240 g/mol. The van der Waals surface area contributed by atoms with Gasteiger partial charge >= 0.3 is 12.0 Å². The molecule has 1 saturated heterocycles. The number of nitrogens with zero attached hydrogens (tertiary/aromatic N) is 1. The van der Waals surface area contributed by atoms with Crippen molar-refractivity contribution in [3.8, 4) is 12.3 Å². The lowest BCUT2D eigenvalue weighted by molar-refractivity contribution is -0.137. The van der Waals surface area contributed by atoms with E-state index < -0.39 is 18.5 Å². The molecule has 6 nitrogen and oxygen atoms in total. The number of rotatable bonds is 4. The maximum absolute atomic E-state index is 11.8. The van der Waals surface area contributed by atoms with Gasteiger partial charge in [0.1, 0.15) is 6.54 Å². The molecule has 1 aliphatic rings. The average molecular weight is 240 g/mol. The van der Waals surface area contributed by atoms with Crippen LogP contribution in [0.4, 0.5) is 4.79 Å². The van der Waals surface area contributed by atoms with E-state index in [1.54, 1.807) is 0 Å². The zero-order chi connectivity index (χ0) is 12.8. The van der Waals surface area contributed by atoms with Crippen LogP contribution in [-0.2, 0) is 9.53 Å². The minimum absolute atomic E-state index is 0.0277. The van der Waals surface area contributed by atoms with E-state index in [2.05, 4.69) is 11.2 Å². The lowest BCUT2D eigenvalue weighted by Crippen LogP contribution is -2.48. The molecule has 94 valence electrons. The Kier molecular flexibility index (Phi) is 4.79. The van der Waals surface area contributed by atoms with Crippen molar-refractivity contribution >= 4 is 12.0 Å². The molecule has 2 atom stereocenters. The van der Waals surface area contributed by atoms with Gasteiger partial charge in [0.15, 0.2) is 0 Å². The molecule has 6 heteroatoms. The molecule has 0 spiro atoms. The summed E-state index contributed by atoms with van der Waals surface area (Å²) >= 11 is 0. The third-order valence-electron chi connectivity index (χ3n) is 2.58. The number of hydrogen-bond acceptors (Lipinski definition) is 3. The minimum Gasteiger partial charge on any atom is -0.480 e. The molecule has 1 rings (SSSR count). The summed E-state index contributed by atoms with van der Waals surface area (Å²) < 4.78 is 5.30. The first-order chi connectivity index (χ1) is 8.04. The van der Waals surface area contributed by atoms with E-state index in [0.29, 0.717) is 6.61 Å². The number of carbonyl (C=O) groups is 2. The molecule has 0 aromatic carbocycles. The fraction of sp³-hybridized carbons (Fsp3) is 0.636. The Morgan fingerprint density at radius 3 is 2.82 bits per heavy atom. The van der Waals surface area contributed by atoms with Crippen LogP contribution in [-0.4, -0.2) is 53.8 Å². The molecule has 0 aromatic heterocycles. The number of terminal acetylenes is 1. The van der Waals surface area contributed by atoms with Gasteiger partial charge in [-0.05, 0) is 13.3 Å². The van der Waals surface area contributed by atoms with Gasteiger partial charge in [0.2, 0.25) is 0 Å². The molecule has 1 aliphatic heterocycles. The maximum atomic E-state index is 11.8. The summed E-state index contributed by atoms with van der Waals surface area (Å²) in [6.07, 6.45) is 5.76. The van der Waals surface area contributed by atoms with Crippen LogP contribution in [0.2, 0.25) is 0 Å². The van der Waals surface area contributed by atoms with Crippen LogP contribution in [0, 0.1) is 12.3 Å². The summed E-state index contributed by atoms with van der Waals surface area (Å²) in [5, 5.41) is 11.4. The summed E-state index contributed by atoms with van der Waals surface area (Å²) in [5.74, 6) is 1.17. The number of aliphatic carboxylic acids is 1. The molecule has 2 amide bonds. The van der Waals surface area contributed by atoms with Crippen molar-refractivity contribution in [2.24, 2.45) is 0 Å². The molecular formula is C11H16N2O4. The Balaban J connectivity index is 2.52. The highest BCUT2D eigenvalue weighted by Crippen LogP contribution is 2.12. The number of ether oxygens (including phenoxy) is 1. The Morgan fingerprint density at radius 2 is 2.35 bits per heavy atom. The van der Waals surface area contributed by atoms with Crippen molar-refractivity contribution in [2.75, 3.05) is 19.7 Å². The molecule has 1 heterocycles. The standard InChI is InChI=1S/C11H16N2O4/c1-3-5-13(7-10(14)15)11(16)12-9-4-6-17-8(9)2/h1,8-9H,4-7H2,2H3,(H,12,16)(H,14,15). The molecule has 0 aromatic rings. The summed E-state index contributed by atoms with van der Waals surface area (Å²) in [6, 6.07) is -0.552. The van der Waals surface area contributed by atoms with Crippen molar-refractivity contribution < 1.29 is 19.4 Å². The Bertz CT molecular complexity index is 337. The summed E-state index contributed by atoms with van der Waals surface area (Å²) in [7, 11) is 0. The first-order valence-corrected chi connectivity index (χ1v) is 5.37. The number of amides is 2. The predicted molar refractivity (Wildman–Crippen MR) is 60.4 cm³/mol. The molecule has 0 aliphatic carbocycles. The van der Waals surface area contributed by atoms with Gasteiger partial charge in [-0.2, -0.15) is 0 Å². The topological polar surface area (TPSA) is 78.9 Å². The van der Waals surface area contributed by atoms with Gasteiger partial charge in [-0.1, -0.05) is 5.92 Å². The summed E-state index contributed by atoms with van der Waals surface area (Å²) in [4.78, 5) is 23.4. The molecule has 17 heavy (non-hydrogen) atoms. The van der Waals surface area contributed by atoms with E-state index in [1.165, 1.54) is 0 Å². The first kappa shape index (κ1) is 13.3. The second kappa shape index (κ2) is 6.11. The van der Waals surface area contributed by atoms with E-state index >= 15 is 0 Å². The number of carboxylic acid groups (broad SMARTS) is 1. The van der Waals surface area contributed by atoms with Crippen LogP contribution in [0.1, 0.15) is 13.3 Å². The van der Waals surface area contributed by atoms with Gasteiger partial charge < -0.3 is 20.1 Å². The number of carboxylic acids is 1. The van der Waals surface area contributed by atoms with Gasteiger partial charge in [0.25, 0.3) is 0 Å². The van der Waals surface area contributed by atoms with Gasteiger partial charge in [-0.25, -0.2) is 4.79 Å². The van der Waals surface area contributed by atoms with Crippen LogP contribution in [0.5, 0.6) is 0 Å². The van der Waals surface area contributed by atoms with Gasteiger partial charge in [0.05, 0.1) is 18.7 Å². The highest BCUT2D eigenvalue weighted by molar-refractivity contribution is 5.80.